The van der Waals surface area contributed by atoms with Crippen LogP contribution in [0.25, 0.3) is 0 Å². The predicted octanol–water partition coefficient (Wildman–Crippen LogP) is 5.95. The summed E-state index contributed by atoms with van der Waals surface area (Å²) in [5, 5.41) is 0. The molecule has 1 heterocycles. The van der Waals surface area contributed by atoms with Crippen LogP contribution in [0.15, 0.2) is 41.3 Å². The summed E-state index contributed by atoms with van der Waals surface area (Å²) >= 11 is 0. The van der Waals surface area contributed by atoms with Gasteiger partial charge in [0.15, 0.2) is 11.5 Å². The van der Waals surface area contributed by atoms with Crippen LogP contribution in [-0.4, -0.2) is 24.1 Å². The molecule has 2 aromatic carbocycles. The molecule has 0 atom stereocenters. The highest BCUT2D eigenvalue weighted by atomic mass is 32.2. The lowest BCUT2D eigenvalue weighted by atomic mass is 9.97. The fourth-order valence-corrected chi connectivity index (χ4v) is 6.23. The first kappa shape index (κ1) is 23.5. The molecule has 168 valence electrons. The molecule has 0 spiro atoms. The van der Waals surface area contributed by atoms with Gasteiger partial charge in [-0.2, -0.15) is 13.2 Å². The second kappa shape index (κ2) is 9.15. The first-order valence-corrected chi connectivity index (χ1v) is 11.8. The maximum absolute atomic E-state index is 12.8. The maximum Gasteiger partial charge on any atom is 0.416 e. The normalized spacial score (nSPS) is 15.2. The fraction of sp³-hybridized carbons (Fsp3) is 0.458. The largest absolute Gasteiger partial charge is 0.481 e. The second-order valence-electron chi connectivity index (χ2n) is 8.34. The molecule has 1 saturated heterocycles. The van der Waals surface area contributed by atoms with E-state index in [0.29, 0.717) is 22.2 Å². The minimum Gasteiger partial charge on any atom is -0.481 e. The number of ether oxygens (including phenoxy) is 2. The molecule has 31 heavy (non-hydrogen) atoms. The molecule has 7 heteroatoms. The quantitative estimate of drug-likeness (QED) is 0.400. The van der Waals surface area contributed by atoms with E-state index >= 15 is 0 Å². The molecular weight excluding hydrogens is 425 g/mol. The van der Waals surface area contributed by atoms with Crippen molar-refractivity contribution in [1.82, 2.24) is 0 Å². The van der Waals surface area contributed by atoms with Crippen LogP contribution in [0.4, 0.5) is 13.2 Å². The molecular formula is C24H28F3O3S+. The van der Waals surface area contributed by atoms with E-state index in [9.17, 15) is 18.0 Å². The number of hydrogen-bond acceptors (Lipinski definition) is 3. The van der Waals surface area contributed by atoms with Crippen LogP contribution in [0.3, 0.4) is 0 Å². The molecule has 2 aromatic rings. The maximum atomic E-state index is 12.8. The summed E-state index contributed by atoms with van der Waals surface area (Å²) in [6.45, 7) is 6.96. The van der Waals surface area contributed by atoms with E-state index in [4.69, 9.17) is 9.47 Å². The lowest BCUT2D eigenvalue weighted by molar-refractivity contribution is -0.160. The molecule has 1 fully saturated rings. The van der Waals surface area contributed by atoms with Crippen molar-refractivity contribution < 1.29 is 27.4 Å². The predicted molar refractivity (Wildman–Crippen MR) is 117 cm³/mol. The van der Waals surface area contributed by atoms with E-state index in [1.54, 1.807) is 13.8 Å². The molecule has 0 unspecified atom stereocenters. The van der Waals surface area contributed by atoms with Gasteiger partial charge in [-0.15, -0.1) is 0 Å². The standard InChI is InChI=1S/C24H28F3O3S/c1-16-13-20(31-11-5-6-12-31)14-17(2)22(16)29-15-21(28)30-23(3,4)18-7-9-19(10-8-18)24(25,26)27/h7-10,13-14H,5-6,11-12,15H2,1-4H3/q+1. The Morgan fingerprint density at radius 1 is 0.968 bits per heavy atom. The highest BCUT2D eigenvalue weighted by Gasteiger charge is 2.32. The summed E-state index contributed by atoms with van der Waals surface area (Å²) in [6, 6.07) is 8.92. The van der Waals surface area contributed by atoms with Crippen molar-refractivity contribution in [2.75, 3.05) is 18.1 Å². The molecule has 0 aromatic heterocycles. The molecule has 0 bridgehead atoms. The van der Waals surface area contributed by atoms with E-state index < -0.39 is 23.3 Å². The number of benzene rings is 2. The molecule has 1 aliphatic heterocycles. The van der Waals surface area contributed by atoms with Crippen LogP contribution < -0.4 is 4.74 Å². The number of carbonyl (C=O) groups excluding carboxylic acids is 1. The Kier molecular flexibility index (Phi) is 6.94. The van der Waals surface area contributed by atoms with Gasteiger partial charge in [-0.1, -0.05) is 12.1 Å². The van der Waals surface area contributed by atoms with E-state index in [1.165, 1.54) is 41.4 Å². The Hall–Kier alpha value is -2.15. The molecule has 3 nitrogen and oxygen atoms in total. The molecule has 0 saturated carbocycles. The topological polar surface area (TPSA) is 35.5 Å². The third-order valence-electron chi connectivity index (χ3n) is 5.41. The van der Waals surface area contributed by atoms with Gasteiger partial charge in [0.05, 0.1) is 5.56 Å². The van der Waals surface area contributed by atoms with Crippen LogP contribution in [0.2, 0.25) is 0 Å². The van der Waals surface area contributed by atoms with Gasteiger partial charge in [-0.3, -0.25) is 0 Å². The van der Waals surface area contributed by atoms with Gasteiger partial charge < -0.3 is 9.47 Å². The summed E-state index contributed by atoms with van der Waals surface area (Å²) in [5.41, 5.74) is 0.633. The van der Waals surface area contributed by atoms with Crippen molar-refractivity contribution >= 4 is 16.9 Å². The number of alkyl halides is 3. The molecule has 0 aliphatic carbocycles. The van der Waals surface area contributed by atoms with Gasteiger partial charge in [0.2, 0.25) is 0 Å². The monoisotopic (exact) mass is 453 g/mol. The summed E-state index contributed by atoms with van der Waals surface area (Å²) in [6.07, 6.45) is -1.85. The Balaban J connectivity index is 1.63. The second-order valence-corrected chi connectivity index (χ2v) is 10.6. The highest BCUT2D eigenvalue weighted by molar-refractivity contribution is 7.97. The first-order chi connectivity index (χ1) is 14.5. The van der Waals surface area contributed by atoms with Crippen molar-refractivity contribution in [2.24, 2.45) is 0 Å². The third-order valence-corrected chi connectivity index (χ3v) is 7.87. The molecule has 1 aliphatic rings. The van der Waals surface area contributed by atoms with Crippen LogP contribution >= 0.6 is 0 Å². The van der Waals surface area contributed by atoms with E-state index in [-0.39, 0.29) is 6.61 Å². The van der Waals surface area contributed by atoms with E-state index in [1.807, 2.05) is 13.8 Å². The molecule has 0 amide bonds. The van der Waals surface area contributed by atoms with Crippen molar-refractivity contribution in [3.8, 4) is 5.75 Å². The average Bonchev–Trinajstić information content (AvgIpc) is 3.21. The van der Waals surface area contributed by atoms with Crippen molar-refractivity contribution in [3.63, 3.8) is 0 Å². The van der Waals surface area contributed by atoms with Crippen molar-refractivity contribution in [3.05, 3.63) is 58.7 Å². The summed E-state index contributed by atoms with van der Waals surface area (Å²) in [5.74, 6) is 2.58. The number of aryl methyl sites for hydroxylation is 2. The first-order valence-electron chi connectivity index (χ1n) is 10.3. The summed E-state index contributed by atoms with van der Waals surface area (Å²) in [4.78, 5) is 13.8. The average molecular weight is 454 g/mol. The van der Waals surface area contributed by atoms with Crippen LogP contribution in [0, 0.1) is 13.8 Å². The smallest absolute Gasteiger partial charge is 0.416 e. The van der Waals surface area contributed by atoms with E-state index in [0.717, 1.165) is 23.3 Å². The summed E-state index contributed by atoms with van der Waals surface area (Å²) in [7, 11) is 0.308. The Bertz CT molecular complexity index is 907. The fourth-order valence-electron chi connectivity index (χ4n) is 3.76. The zero-order valence-electron chi connectivity index (χ0n) is 18.3. The van der Waals surface area contributed by atoms with Crippen molar-refractivity contribution in [2.45, 2.75) is 57.2 Å². The van der Waals surface area contributed by atoms with Gasteiger partial charge in [0, 0.05) is 10.9 Å². The lowest BCUT2D eigenvalue weighted by Gasteiger charge is -2.26. The number of hydrogen-bond donors (Lipinski definition) is 0. The van der Waals surface area contributed by atoms with Crippen LogP contribution in [0.5, 0.6) is 5.75 Å². The minimum atomic E-state index is -4.41. The number of rotatable bonds is 6. The zero-order valence-corrected chi connectivity index (χ0v) is 19.1. The van der Waals surface area contributed by atoms with Crippen LogP contribution in [-0.2, 0) is 32.2 Å². The zero-order chi connectivity index (χ0) is 22.8. The molecule has 0 N–H and O–H groups in total. The number of carbonyl (C=O) groups is 1. The molecule has 3 rings (SSSR count). The third kappa shape index (κ3) is 5.76. The van der Waals surface area contributed by atoms with Gasteiger partial charge in [-0.05, 0) is 81.5 Å². The lowest BCUT2D eigenvalue weighted by Crippen LogP contribution is -2.29. The Morgan fingerprint density at radius 3 is 2.00 bits per heavy atom. The Labute approximate surface area is 184 Å². The molecule has 0 radical (unpaired) electrons. The van der Waals surface area contributed by atoms with E-state index in [2.05, 4.69) is 12.1 Å². The number of halogens is 3. The van der Waals surface area contributed by atoms with Gasteiger partial charge >= 0.3 is 12.1 Å². The number of esters is 1. The Morgan fingerprint density at radius 2 is 1.48 bits per heavy atom. The summed E-state index contributed by atoms with van der Waals surface area (Å²) < 4.78 is 49.6. The van der Waals surface area contributed by atoms with Crippen LogP contribution in [0.1, 0.15) is 48.9 Å². The highest BCUT2D eigenvalue weighted by Crippen LogP contribution is 2.33. The minimum absolute atomic E-state index is 0.267. The van der Waals surface area contributed by atoms with Gasteiger partial charge in [0.1, 0.15) is 22.9 Å². The van der Waals surface area contributed by atoms with Crippen molar-refractivity contribution in [1.29, 1.82) is 0 Å². The van der Waals surface area contributed by atoms with Gasteiger partial charge in [0.25, 0.3) is 0 Å². The SMILES string of the molecule is Cc1cc([S+]2CCCC2)cc(C)c1OCC(=O)OC(C)(C)c1ccc(C(F)(F)F)cc1. The van der Waals surface area contributed by atoms with Gasteiger partial charge in [-0.25, -0.2) is 4.79 Å².